The van der Waals surface area contributed by atoms with Gasteiger partial charge in [0.15, 0.2) is 11.6 Å². The van der Waals surface area contributed by atoms with Crippen molar-refractivity contribution in [2.24, 2.45) is 5.73 Å². The molecular formula is C14H18FN3O. The third-order valence-corrected chi connectivity index (χ3v) is 2.97. The second-order valence-electron chi connectivity index (χ2n) is 4.66. The maximum absolute atomic E-state index is 13.7. The Morgan fingerprint density at radius 3 is 2.68 bits per heavy atom. The van der Waals surface area contributed by atoms with Crippen LogP contribution in [0.5, 0.6) is 5.75 Å². The first-order chi connectivity index (χ1) is 9.06. The van der Waals surface area contributed by atoms with Gasteiger partial charge in [-0.15, -0.1) is 0 Å². The molecule has 1 aromatic heterocycles. The minimum atomic E-state index is -0.405. The van der Waals surface area contributed by atoms with Crippen LogP contribution in [0.2, 0.25) is 0 Å². The minimum Gasteiger partial charge on any atom is -0.494 e. The van der Waals surface area contributed by atoms with Crippen molar-refractivity contribution in [2.45, 2.75) is 26.3 Å². The Kier molecular flexibility index (Phi) is 3.85. The van der Waals surface area contributed by atoms with Crippen LogP contribution in [0, 0.1) is 5.82 Å². The summed E-state index contributed by atoms with van der Waals surface area (Å²) in [6, 6.07) is 4.79. The summed E-state index contributed by atoms with van der Waals surface area (Å²) in [7, 11) is 1.44. The Hall–Kier alpha value is -1.88. The first-order valence-electron chi connectivity index (χ1n) is 6.19. The van der Waals surface area contributed by atoms with Gasteiger partial charge in [0, 0.05) is 18.0 Å². The molecule has 102 valence electrons. The molecular weight excluding hydrogens is 245 g/mol. The molecule has 0 unspecified atom stereocenters. The Morgan fingerprint density at radius 2 is 2.16 bits per heavy atom. The molecule has 19 heavy (non-hydrogen) atoms. The fourth-order valence-electron chi connectivity index (χ4n) is 1.90. The third kappa shape index (κ3) is 2.61. The Labute approximate surface area is 111 Å². The second-order valence-corrected chi connectivity index (χ2v) is 4.66. The van der Waals surface area contributed by atoms with Crippen LogP contribution >= 0.6 is 0 Å². The zero-order valence-electron chi connectivity index (χ0n) is 11.3. The fraction of sp³-hybridized carbons (Fsp3) is 0.357. The Balaban J connectivity index is 2.48. The highest BCUT2D eigenvalue weighted by Gasteiger charge is 2.14. The molecule has 0 amide bonds. The van der Waals surface area contributed by atoms with Gasteiger partial charge in [0.2, 0.25) is 0 Å². The molecule has 0 saturated carbocycles. The van der Waals surface area contributed by atoms with E-state index in [9.17, 15) is 4.39 Å². The van der Waals surface area contributed by atoms with Crippen LogP contribution in [0.15, 0.2) is 18.2 Å². The number of aromatic nitrogens is 2. The molecule has 2 rings (SSSR count). The van der Waals surface area contributed by atoms with E-state index in [0.717, 1.165) is 11.5 Å². The van der Waals surface area contributed by atoms with E-state index in [4.69, 9.17) is 10.5 Å². The SMILES string of the molecule is COc1ccc(-c2nc(C(C)C)[nH]c2CN)cc1F. The number of nitrogens with two attached hydrogens (primary N) is 1. The monoisotopic (exact) mass is 263 g/mol. The van der Waals surface area contributed by atoms with Crippen LogP contribution in [0.4, 0.5) is 4.39 Å². The molecule has 0 bridgehead atoms. The van der Waals surface area contributed by atoms with E-state index in [2.05, 4.69) is 9.97 Å². The van der Waals surface area contributed by atoms with Crippen LogP contribution in [-0.2, 0) is 6.54 Å². The van der Waals surface area contributed by atoms with E-state index >= 15 is 0 Å². The van der Waals surface area contributed by atoms with Crippen molar-refractivity contribution in [3.05, 3.63) is 35.5 Å². The molecule has 1 aromatic carbocycles. The highest BCUT2D eigenvalue weighted by Crippen LogP contribution is 2.28. The van der Waals surface area contributed by atoms with E-state index in [1.807, 2.05) is 13.8 Å². The Morgan fingerprint density at radius 1 is 1.42 bits per heavy atom. The van der Waals surface area contributed by atoms with E-state index < -0.39 is 5.82 Å². The summed E-state index contributed by atoms with van der Waals surface area (Å²) in [6.45, 7) is 4.41. The van der Waals surface area contributed by atoms with E-state index in [1.54, 1.807) is 12.1 Å². The number of halogens is 1. The van der Waals surface area contributed by atoms with Crippen molar-refractivity contribution in [1.82, 2.24) is 9.97 Å². The van der Waals surface area contributed by atoms with Gasteiger partial charge in [0.05, 0.1) is 18.5 Å². The summed E-state index contributed by atoms with van der Waals surface area (Å²) in [5.41, 5.74) is 7.92. The normalized spacial score (nSPS) is 11.1. The molecule has 4 nitrogen and oxygen atoms in total. The first-order valence-corrected chi connectivity index (χ1v) is 6.19. The van der Waals surface area contributed by atoms with Gasteiger partial charge in [-0.2, -0.15) is 0 Å². The molecule has 3 N–H and O–H groups in total. The standard InChI is InChI=1S/C14H18FN3O/c1-8(2)14-17-11(7-16)13(18-14)9-4-5-12(19-3)10(15)6-9/h4-6,8H,7,16H2,1-3H3,(H,17,18). The number of nitrogens with zero attached hydrogens (tertiary/aromatic N) is 1. The van der Waals surface area contributed by atoms with Gasteiger partial charge in [0.25, 0.3) is 0 Å². The topological polar surface area (TPSA) is 63.9 Å². The number of rotatable bonds is 4. The molecule has 0 radical (unpaired) electrons. The molecule has 0 fully saturated rings. The van der Waals surface area contributed by atoms with Crippen LogP contribution in [0.25, 0.3) is 11.3 Å². The van der Waals surface area contributed by atoms with Crippen molar-refractivity contribution in [1.29, 1.82) is 0 Å². The minimum absolute atomic E-state index is 0.220. The molecule has 5 heteroatoms. The summed E-state index contributed by atoms with van der Waals surface area (Å²) in [4.78, 5) is 7.69. The fourth-order valence-corrected chi connectivity index (χ4v) is 1.90. The first kappa shape index (κ1) is 13.5. The number of imidazole rings is 1. The molecule has 0 aliphatic rings. The number of benzene rings is 1. The summed E-state index contributed by atoms with van der Waals surface area (Å²) in [6.07, 6.45) is 0. The van der Waals surface area contributed by atoms with Gasteiger partial charge in [-0.1, -0.05) is 13.8 Å². The maximum atomic E-state index is 13.7. The number of hydrogen-bond acceptors (Lipinski definition) is 3. The van der Waals surface area contributed by atoms with E-state index in [-0.39, 0.29) is 11.7 Å². The van der Waals surface area contributed by atoms with Gasteiger partial charge >= 0.3 is 0 Å². The largest absolute Gasteiger partial charge is 0.494 e. The van der Waals surface area contributed by atoms with Crippen molar-refractivity contribution >= 4 is 0 Å². The summed E-state index contributed by atoms with van der Waals surface area (Å²) >= 11 is 0. The van der Waals surface area contributed by atoms with Crippen LogP contribution < -0.4 is 10.5 Å². The average Bonchev–Trinajstić information content (AvgIpc) is 2.82. The average molecular weight is 263 g/mol. The third-order valence-electron chi connectivity index (χ3n) is 2.97. The molecule has 0 aliphatic heterocycles. The van der Waals surface area contributed by atoms with Crippen molar-refractivity contribution in [3.8, 4) is 17.0 Å². The van der Waals surface area contributed by atoms with E-state index in [1.165, 1.54) is 13.2 Å². The molecule has 0 saturated heterocycles. The summed E-state index contributed by atoms with van der Waals surface area (Å²) < 4.78 is 18.7. The number of hydrogen-bond donors (Lipinski definition) is 2. The van der Waals surface area contributed by atoms with Crippen LogP contribution in [0.1, 0.15) is 31.3 Å². The molecule has 0 aliphatic carbocycles. The highest BCUT2D eigenvalue weighted by atomic mass is 19.1. The lowest BCUT2D eigenvalue weighted by Crippen LogP contribution is -1.99. The predicted molar refractivity (Wildman–Crippen MR) is 72.5 cm³/mol. The van der Waals surface area contributed by atoms with Crippen molar-refractivity contribution in [2.75, 3.05) is 7.11 Å². The smallest absolute Gasteiger partial charge is 0.165 e. The van der Waals surface area contributed by atoms with Gasteiger partial charge < -0.3 is 15.5 Å². The zero-order chi connectivity index (χ0) is 14.0. The zero-order valence-corrected chi connectivity index (χ0v) is 11.3. The molecule has 0 spiro atoms. The van der Waals surface area contributed by atoms with Gasteiger partial charge in [0.1, 0.15) is 5.82 Å². The lowest BCUT2D eigenvalue weighted by Gasteiger charge is -2.04. The van der Waals surface area contributed by atoms with Crippen LogP contribution in [0.3, 0.4) is 0 Å². The molecule has 2 aromatic rings. The lowest BCUT2D eigenvalue weighted by atomic mass is 10.1. The number of aromatic amines is 1. The number of nitrogens with one attached hydrogen (secondary N) is 1. The number of H-pyrrole nitrogens is 1. The van der Waals surface area contributed by atoms with Crippen molar-refractivity contribution < 1.29 is 9.13 Å². The summed E-state index contributed by atoms with van der Waals surface area (Å²) in [5, 5.41) is 0. The van der Waals surface area contributed by atoms with Gasteiger partial charge in [-0.05, 0) is 18.2 Å². The number of ether oxygens (including phenoxy) is 1. The van der Waals surface area contributed by atoms with Gasteiger partial charge in [-0.25, -0.2) is 9.37 Å². The molecule has 0 atom stereocenters. The molecule has 1 heterocycles. The number of methoxy groups -OCH3 is 1. The predicted octanol–water partition coefficient (Wildman–Crippen LogP) is 2.81. The quantitative estimate of drug-likeness (QED) is 0.891. The Bertz CT molecular complexity index is 578. The van der Waals surface area contributed by atoms with Crippen LogP contribution in [-0.4, -0.2) is 17.1 Å². The second kappa shape index (κ2) is 5.40. The van der Waals surface area contributed by atoms with E-state index in [0.29, 0.717) is 17.8 Å². The lowest BCUT2D eigenvalue weighted by molar-refractivity contribution is 0.386. The maximum Gasteiger partial charge on any atom is 0.165 e. The summed E-state index contributed by atoms with van der Waals surface area (Å²) in [5.74, 6) is 0.934. The van der Waals surface area contributed by atoms with Crippen molar-refractivity contribution in [3.63, 3.8) is 0 Å². The van der Waals surface area contributed by atoms with Gasteiger partial charge in [-0.3, -0.25) is 0 Å². The highest BCUT2D eigenvalue weighted by molar-refractivity contribution is 5.63.